The quantitative estimate of drug-likeness (QED) is 0.423. The van der Waals surface area contributed by atoms with E-state index >= 15 is 0 Å². The van der Waals surface area contributed by atoms with Gasteiger partial charge in [-0.3, -0.25) is 4.89 Å². The number of carbonyl (C=O) groups is 1. The molecule has 0 aromatic carbocycles. The molecule has 0 fully saturated rings. The molecule has 0 spiro atoms. The van der Waals surface area contributed by atoms with Gasteiger partial charge >= 0.3 is 6.09 Å². The third-order valence-electron chi connectivity index (χ3n) is 0.323. The molecule has 0 aliphatic carbocycles. The van der Waals surface area contributed by atoms with E-state index in [-0.39, 0.29) is 6.10 Å². The molecular formula is C4H9NO3. The summed E-state index contributed by atoms with van der Waals surface area (Å²) in [6.45, 7) is 3.45. The van der Waals surface area contributed by atoms with Crippen molar-refractivity contribution in [2.24, 2.45) is 5.73 Å². The first-order valence-corrected chi connectivity index (χ1v) is 2.25. The lowest BCUT2D eigenvalue weighted by molar-refractivity contribution is -0.261. The van der Waals surface area contributed by atoms with Crippen LogP contribution in [0.5, 0.6) is 0 Å². The van der Waals surface area contributed by atoms with Crippen LogP contribution in [0, 0.1) is 0 Å². The summed E-state index contributed by atoms with van der Waals surface area (Å²) in [4.78, 5) is 18.0. The smallest absolute Gasteiger partial charge is 0.333 e. The lowest BCUT2D eigenvalue weighted by Gasteiger charge is -2.01. The number of amides is 1. The van der Waals surface area contributed by atoms with Crippen LogP contribution in [0.2, 0.25) is 0 Å². The van der Waals surface area contributed by atoms with Gasteiger partial charge in [-0.25, -0.2) is 4.79 Å². The summed E-state index contributed by atoms with van der Waals surface area (Å²) in [5.41, 5.74) is 4.55. The maximum Gasteiger partial charge on any atom is 0.436 e. The van der Waals surface area contributed by atoms with Crippen LogP contribution in [0.25, 0.3) is 0 Å². The van der Waals surface area contributed by atoms with Gasteiger partial charge in [0.2, 0.25) is 0 Å². The van der Waals surface area contributed by atoms with Gasteiger partial charge in [-0.2, -0.15) is 4.89 Å². The first-order valence-electron chi connectivity index (χ1n) is 2.25. The monoisotopic (exact) mass is 119 g/mol. The average molecular weight is 119 g/mol. The highest BCUT2D eigenvalue weighted by molar-refractivity contribution is 5.63. The van der Waals surface area contributed by atoms with Crippen molar-refractivity contribution in [3.05, 3.63) is 0 Å². The number of hydrogen-bond donors (Lipinski definition) is 1. The number of rotatable bonds is 2. The summed E-state index contributed by atoms with van der Waals surface area (Å²) in [5, 5.41) is 0. The van der Waals surface area contributed by atoms with E-state index in [0.29, 0.717) is 0 Å². The highest BCUT2D eigenvalue weighted by Gasteiger charge is 1.96. The van der Waals surface area contributed by atoms with E-state index in [2.05, 4.69) is 15.5 Å². The van der Waals surface area contributed by atoms with Crippen LogP contribution >= 0.6 is 0 Å². The highest BCUT2D eigenvalue weighted by Crippen LogP contribution is 1.86. The van der Waals surface area contributed by atoms with Crippen molar-refractivity contribution in [1.82, 2.24) is 0 Å². The molecule has 48 valence electrons. The lowest BCUT2D eigenvalue weighted by atomic mass is 10.5. The first-order chi connectivity index (χ1) is 3.63. The molecule has 0 saturated carbocycles. The van der Waals surface area contributed by atoms with Crippen molar-refractivity contribution in [3.8, 4) is 0 Å². The first kappa shape index (κ1) is 7.23. The Bertz CT molecular complexity index is 81.4. The molecule has 0 saturated heterocycles. The minimum Gasteiger partial charge on any atom is -0.333 e. The van der Waals surface area contributed by atoms with Gasteiger partial charge < -0.3 is 5.73 Å². The molecule has 0 rings (SSSR count). The Kier molecular flexibility index (Phi) is 2.95. The minimum absolute atomic E-state index is 0.137. The largest absolute Gasteiger partial charge is 0.436 e. The predicted molar refractivity (Wildman–Crippen MR) is 26.9 cm³/mol. The second kappa shape index (κ2) is 3.26. The van der Waals surface area contributed by atoms with Gasteiger partial charge in [-0.15, -0.1) is 0 Å². The van der Waals surface area contributed by atoms with Crippen LogP contribution in [0.4, 0.5) is 4.79 Å². The number of hydrogen-bond acceptors (Lipinski definition) is 3. The molecule has 2 N–H and O–H groups in total. The summed E-state index contributed by atoms with van der Waals surface area (Å²) in [6.07, 6.45) is -1.05. The summed E-state index contributed by atoms with van der Waals surface area (Å²) in [5.74, 6) is 0. The maximum atomic E-state index is 9.78. The second-order valence-electron chi connectivity index (χ2n) is 1.55. The molecule has 8 heavy (non-hydrogen) atoms. The van der Waals surface area contributed by atoms with E-state index in [1.54, 1.807) is 13.8 Å². The normalized spacial score (nSPS) is 9.38. The average Bonchev–Trinajstić information content (AvgIpc) is 1.61. The van der Waals surface area contributed by atoms with Crippen molar-refractivity contribution in [2.75, 3.05) is 0 Å². The zero-order chi connectivity index (χ0) is 6.57. The molecule has 0 unspecified atom stereocenters. The van der Waals surface area contributed by atoms with Crippen LogP contribution in [0.1, 0.15) is 13.8 Å². The van der Waals surface area contributed by atoms with Gasteiger partial charge in [0.05, 0.1) is 6.10 Å². The topological polar surface area (TPSA) is 61.6 Å². The number of primary amides is 1. The summed E-state index contributed by atoms with van der Waals surface area (Å²) < 4.78 is 0. The molecule has 0 radical (unpaired) electrons. The van der Waals surface area contributed by atoms with Gasteiger partial charge in [-0.1, -0.05) is 0 Å². The SMILES string of the molecule is CC(C)OOC(N)=O. The molecule has 1 amide bonds. The molecule has 4 nitrogen and oxygen atoms in total. The van der Waals surface area contributed by atoms with Gasteiger partial charge in [0, 0.05) is 0 Å². The van der Waals surface area contributed by atoms with Crippen molar-refractivity contribution in [3.63, 3.8) is 0 Å². The summed E-state index contributed by atoms with van der Waals surface area (Å²) in [6, 6.07) is 0. The van der Waals surface area contributed by atoms with Crippen LogP contribution < -0.4 is 5.73 Å². The molecule has 0 heterocycles. The Morgan fingerprint density at radius 1 is 1.62 bits per heavy atom. The molecule has 4 heteroatoms. The van der Waals surface area contributed by atoms with Crippen LogP contribution in [-0.4, -0.2) is 12.2 Å². The van der Waals surface area contributed by atoms with E-state index in [0.717, 1.165) is 0 Å². The molecule has 0 atom stereocenters. The van der Waals surface area contributed by atoms with E-state index < -0.39 is 6.09 Å². The molecular weight excluding hydrogens is 110 g/mol. The zero-order valence-electron chi connectivity index (χ0n) is 4.88. The Morgan fingerprint density at radius 2 is 2.12 bits per heavy atom. The Labute approximate surface area is 47.5 Å². The van der Waals surface area contributed by atoms with Crippen LogP contribution in [0.15, 0.2) is 0 Å². The van der Waals surface area contributed by atoms with Crippen LogP contribution in [-0.2, 0) is 9.78 Å². The predicted octanol–water partition coefficient (Wildman–Crippen LogP) is 0.422. The molecule has 0 bridgehead atoms. The third kappa shape index (κ3) is 5.23. The fraction of sp³-hybridized carbons (Fsp3) is 0.750. The molecule has 0 aromatic rings. The van der Waals surface area contributed by atoms with Crippen molar-refractivity contribution in [2.45, 2.75) is 20.0 Å². The van der Waals surface area contributed by atoms with E-state index in [1.807, 2.05) is 0 Å². The van der Waals surface area contributed by atoms with Gasteiger partial charge in [0.25, 0.3) is 0 Å². The third-order valence-corrected chi connectivity index (χ3v) is 0.323. The number of carbonyl (C=O) groups excluding carboxylic acids is 1. The standard InChI is InChI=1S/C4H9NO3/c1-3(2)7-8-4(5)6/h3H,1-2H3,(H2,5,6). The lowest BCUT2D eigenvalue weighted by Crippen LogP contribution is -2.16. The van der Waals surface area contributed by atoms with E-state index in [9.17, 15) is 4.79 Å². The number of nitrogens with two attached hydrogens (primary N) is 1. The maximum absolute atomic E-state index is 9.78. The van der Waals surface area contributed by atoms with Gasteiger partial charge in [-0.05, 0) is 13.8 Å². The zero-order valence-corrected chi connectivity index (χ0v) is 4.88. The molecule has 0 aliphatic heterocycles. The summed E-state index contributed by atoms with van der Waals surface area (Å²) >= 11 is 0. The highest BCUT2D eigenvalue weighted by atomic mass is 17.2. The fourth-order valence-electron chi connectivity index (χ4n) is 0.144. The van der Waals surface area contributed by atoms with E-state index in [4.69, 9.17) is 0 Å². The van der Waals surface area contributed by atoms with E-state index in [1.165, 1.54) is 0 Å². The Morgan fingerprint density at radius 3 is 2.25 bits per heavy atom. The van der Waals surface area contributed by atoms with Gasteiger partial charge in [0.1, 0.15) is 0 Å². The Hall–Kier alpha value is -0.770. The van der Waals surface area contributed by atoms with Crippen molar-refractivity contribution < 1.29 is 14.6 Å². The van der Waals surface area contributed by atoms with Gasteiger partial charge in [0.15, 0.2) is 0 Å². The Balaban J connectivity index is 3.05. The van der Waals surface area contributed by atoms with Crippen LogP contribution in [0.3, 0.4) is 0 Å². The molecule has 0 aromatic heterocycles. The fourth-order valence-corrected chi connectivity index (χ4v) is 0.144. The minimum atomic E-state index is -0.918. The van der Waals surface area contributed by atoms with Crippen molar-refractivity contribution in [1.29, 1.82) is 0 Å². The second-order valence-corrected chi connectivity index (χ2v) is 1.55. The summed E-state index contributed by atoms with van der Waals surface area (Å²) in [7, 11) is 0. The van der Waals surface area contributed by atoms with Crippen molar-refractivity contribution >= 4 is 6.09 Å². The molecule has 0 aliphatic rings.